The second kappa shape index (κ2) is 4.63. The first-order valence-corrected chi connectivity index (χ1v) is 6.19. The predicted octanol–water partition coefficient (Wildman–Crippen LogP) is 1.57. The molecule has 1 N–H and O–H groups in total. The van der Waals surface area contributed by atoms with Crippen LogP contribution in [0.1, 0.15) is 26.7 Å². The minimum absolute atomic E-state index is 0.827. The van der Waals surface area contributed by atoms with E-state index in [4.69, 9.17) is 0 Å². The van der Waals surface area contributed by atoms with Crippen LogP contribution in [0.3, 0.4) is 0 Å². The van der Waals surface area contributed by atoms with Crippen molar-refractivity contribution in [2.75, 3.05) is 32.7 Å². The number of hydrogen-bond acceptors (Lipinski definition) is 2. The average Bonchev–Trinajstić information content (AvgIpc) is 2.17. The van der Waals surface area contributed by atoms with Crippen LogP contribution in [0.15, 0.2) is 0 Å². The predicted molar refractivity (Wildman–Crippen MR) is 60.4 cm³/mol. The van der Waals surface area contributed by atoms with Gasteiger partial charge in [0.15, 0.2) is 0 Å². The van der Waals surface area contributed by atoms with Crippen LogP contribution in [0.25, 0.3) is 0 Å². The minimum atomic E-state index is 0.827. The molecule has 14 heavy (non-hydrogen) atoms. The van der Waals surface area contributed by atoms with Crippen molar-refractivity contribution in [3.8, 4) is 0 Å². The van der Waals surface area contributed by atoms with Crippen molar-refractivity contribution in [1.82, 2.24) is 10.2 Å². The molecule has 2 heteroatoms. The summed E-state index contributed by atoms with van der Waals surface area (Å²) in [7, 11) is 0. The van der Waals surface area contributed by atoms with E-state index >= 15 is 0 Å². The number of piperidine rings is 2. The van der Waals surface area contributed by atoms with E-state index in [1.54, 1.807) is 0 Å². The van der Waals surface area contributed by atoms with E-state index < -0.39 is 0 Å². The Kier molecular flexibility index (Phi) is 3.45. The van der Waals surface area contributed by atoms with Gasteiger partial charge in [-0.1, -0.05) is 13.8 Å². The van der Waals surface area contributed by atoms with Crippen LogP contribution in [-0.2, 0) is 0 Å². The molecule has 2 aliphatic heterocycles. The van der Waals surface area contributed by atoms with E-state index in [-0.39, 0.29) is 0 Å². The maximum absolute atomic E-state index is 3.52. The van der Waals surface area contributed by atoms with Crippen LogP contribution in [-0.4, -0.2) is 37.6 Å². The van der Waals surface area contributed by atoms with E-state index in [1.807, 2.05) is 0 Å². The van der Waals surface area contributed by atoms with Crippen LogP contribution >= 0.6 is 0 Å². The zero-order chi connectivity index (χ0) is 9.97. The van der Waals surface area contributed by atoms with Crippen molar-refractivity contribution in [2.45, 2.75) is 26.7 Å². The normalized spacial score (nSPS) is 34.5. The SMILES string of the molecule is CC(C)CN1CCC2CNCCC2C1. The zero-order valence-corrected chi connectivity index (χ0v) is 9.63. The second-order valence-corrected chi connectivity index (χ2v) is 5.46. The zero-order valence-electron chi connectivity index (χ0n) is 9.63. The molecule has 2 aliphatic rings. The highest BCUT2D eigenvalue weighted by atomic mass is 15.1. The van der Waals surface area contributed by atoms with Crippen molar-refractivity contribution in [3.63, 3.8) is 0 Å². The summed E-state index contributed by atoms with van der Waals surface area (Å²) in [4.78, 5) is 2.68. The Morgan fingerprint density at radius 2 is 2.14 bits per heavy atom. The van der Waals surface area contributed by atoms with Crippen LogP contribution in [0.4, 0.5) is 0 Å². The first-order chi connectivity index (χ1) is 6.75. The van der Waals surface area contributed by atoms with E-state index in [9.17, 15) is 0 Å². The Balaban J connectivity index is 1.83. The Morgan fingerprint density at radius 1 is 1.29 bits per heavy atom. The van der Waals surface area contributed by atoms with E-state index in [0.717, 1.165) is 17.8 Å². The minimum Gasteiger partial charge on any atom is -0.316 e. The molecule has 82 valence electrons. The van der Waals surface area contributed by atoms with Gasteiger partial charge in [0, 0.05) is 13.1 Å². The molecule has 2 unspecified atom stereocenters. The Labute approximate surface area is 88.1 Å². The molecule has 2 atom stereocenters. The van der Waals surface area contributed by atoms with Gasteiger partial charge in [-0.2, -0.15) is 0 Å². The van der Waals surface area contributed by atoms with Crippen molar-refractivity contribution in [3.05, 3.63) is 0 Å². The number of rotatable bonds is 2. The van der Waals surface area contributed by atoms with Crippen molar-refractivity contribution in [1.29, 1.82) is 0 Å². The molecule has 0 saturated carbocycles. The molecular formula is C12H24N2. The van der Waals surface area contributed by atoms with Gasteiger partial charge in [0.2, 0.25) is 0 Å². The third kappa shape index (κ3) is 2.48. The summed E-state index contributed by atoms with van der Waals surface area (Å²) in [5, 5.41) is 3.52. The average molecular weight is 196 g/mol. The summed E-state index contributed by atoms with van der Waals surface area (Å²) in [6.07, 6.45) is 2.82. The van der Waals surface area contributed by atoms with Crippen molar-refractivity contribution < 1.29 is 0 Å². The van der Waals surface area contributed by atoms with E-state index in [2.05, 4.69) is 24.1 Å². The lowest BCUT2D eigenvalue weighted by atomic mass is 9.81. The number of nitrogens with one attached hydrogen (secondary N) is 1. The Bertz CT molecular complexity index is 179. The van der Waals surface area contributed by atoms with Gasteiger partial charge < -0.3 is 10.2 Å². The second-order valence-electron chi connectivity index (χ2n) is 5.46. The molecule has 0 amide bonds. The van der Waals surface area contributed by atoms with Crippen LogP contribution in [0, 0.1) is 17.8 Å². The van der Waals surface area contributed by atoms with Gasteiger partial charge in [-0.3, -0.25) is 0 Å². The van der Waals surface area contributed by atoms with Gasteiger partial charge in [-0.05, 0) is 50.2 Å². The number of hydrogen-bond donors (Lipinski definition) is 1. The Morgan fingerprint density at radius 3 is 2.93 bits per heavy atom. The number of likely N-dealkylation sites (tertiary alicyclic amines) is 1. The summed E-state index contributed by atoms with van der Waals surface area (Å²) in [5.41, 5.74) is 0. The fourth-order valence-corrected chi connectivity index (χ4v) is 3.01. The maximum atomic E-state index is 3.52. The molecule has 2 fully saturated rings. The summed E-state index contributed by atoms with van der Waals surface area (Å²) in [5.74, 6) is 2.80. The van der Waals surface area contributed by atoms with Gasteiger partial charge in [0.1, 0.15) is 0 Å². The molecule has 2 nitrogen and oxygen atoms in total. The smallest absolute Gasteiger partial charge is 0.00134 e. The van der Waals surface area contributed by atoms with E-state index in [1.165, 1.54) is 45.6 Å². The monoisotopic (exact) mass is 196 g/mol. The van der Waals surface area contributed by atoms with Gasteiger partial charge in [-0.25, -0.2) is 0 Å². The molecule has 0 aromatic rings. The standard InChI is InChI=1S/C12H24N2/c1-10(2)8-14-6-4-11-7-13-5-3-12(11)9-14/h10-13H,3-9H2,1-2H3. The van der Waals surface area contributed by atoms with Crippen LogP contribution in [0.5, 0.6) is 0 Å². The molecule has 0 aromatic carbocycles. The lowest BCUT2D eigenvalue weighted by Crippen LogP contribution is -2.48. The molecule has 0 aliphatic carbocycles. The quantitative estimate of drug-likeness (QED) is 0.721. The highest BCUT2D eigenvalue weighted by Crippen LogP contribution is 2.28. The van der Waals surface area contributed by atoms with Crippen molar-refractivity contribution in [2.24, 2.45) is 17.8 Å². The van der Waals surface area contributed by atoms with Crippen LogP contribution in [0.2, 0.25) is 0 Å². The third-order valence-corrected chi connectivity index (χ3v) is 3.70. The van der Waals surface area contributed by atoms with Gasteiger partial charge in [-0.15, -0.1) is 0 Å². The lowest BCUT2D eigenvalue weighted by Gasteiger charge is -2.42. The molecule has 2 saturated heterocycles. The summed E-state index contributed by atoms with van der Waals surface area (Å²) >= 11 is 0. The number of nitrogens with zero attached hydrogens (tertiary/aromatic N) is 1. The highest BCUT2D eigenvalue weighted by Gasteiger charge is 2.30. The first kappa shape index (κ1) is 10.4. The molecular weight excluding hydrogens is 172 g/mol. The maximum Gasteiger partial charge on any atom is 0.00134 e. The van der Waals surface area contributed by atoms with Crippen molar-refractivity contribution >= 4 is 0 Å². The van der Waals surface area contributed by atoms with Gasteiger partial charge in [0.05, 0.1) is 0 Å². The summed E-state index contributed by atoms with van der Waals surface area (Å²) in [6, 6.07) is 0. The molecule has 2 rings (SSSR count). The summed E-state index contributed by atoms with van der Waals surface area (Å²) < 4.78 is 0. The fraction of sp³-hybridized carbons (Fsp3) is 1.00. The van der Waals surface area contributed by atoms with Crippen LogP contribution < -0.4 is 5.32 Å². The number of fused-ring (bicyclic) bond motifs is 1. The highest BCUT2D eigenvalue weighted by molar-refractivity contribution is 4.85. The molecule has 0 spiro atoms. The van der Waals surface area contributed by atoms with Gasteiger partial charge >= 0.3 is 0 Å². The topological polar surface area (TPSA) is 15.3 Å². The Hall–Kier alpha value is -0.0800. The van der Waals surface area contributed by atoms with Gasteiger partial charge in [0.25, 0.3) is 0 Å². The lowest BCUT2D eigenvalue weighted by molar-refractivity contribution is 0.0871. The molecule has 0 bridgehead atoms. The molecule has 0 aromatic heterocycles. The molecule has 0 radical (unpaired) electrons. The largest absolute Gasteiger partial charge is 0.316 e. The fourth-order valence-electron chi connectivity index (χ4n) is 3.01. The molecule has 2 heterocycles. The first-order valence-electron chi connectivity index (χ1n) is 6.19. The van der Waals surface area contributed by atoms with E-state index in [0.29, 0.717) is 0 Å². The third-order valence-electron chi connectivity index (χ3n) is 3.70. The summed E-state index contributed by atoms with van der Waals surface area (Å²) in [6.45, 7) is 11.2.